The molecule has 0 aliphatic carbocycles. The van der Waals surface area contributed by atoms with E-state index in [0.717, 1.165) is 0 Å². The van der Waals surface area contributed by atoms with Crippen LogP contribution in [0.1, 0.15) is 0 Å². The number of rotatable bonds is 4. The van der Waals surface area contributed by atoms with Crippen LogP contribution in [0.2, 0.25) is 0 Å². The number of methoxy groups -OCH3 is 1. The molecule has 0 radical (unpaired) electrons. The van der Waals surface area contributed by atoms with Gasteiger partial charge in [-0.1, -0.05) is 0 Å². The fourth-order valence-electron chi connectivity index (χ4n) is 0.208. The van der Waals surface area contributed by atoms with Gasteiger partial charge in [-0.05, 0) is 0 Å². The summed E-state index contributed by atoms with van der Waals surface area (Å²) in [5, 5.41) is 9.69. The molecule has 0 rings (SSSR count). The first-order valence-electron chi connectivity index (χ1n) is 2.04. The van der Waals surface area contributed by atoms with Gasteiger partial charge in [-0.25, -0.2) is 0 Å². The second-order valence-corrected chi connectivity index (χ2v) is 2.06. The van der Waals surface area contributed by atoms with Crippen LogP contribution < -0.4 is 56.5 Å². The van der Waals surface area contributed by atoms with Crippen molar-refractivity contribution in [2.24, 2.45) is 0 Å². The van der Waals surface area contributed by atoms with Crippen LogP contribution in [0.15, 0.2) is 0 Å². The quantitative estimate of drug-likeness (QED) is 0.248. The van der Waals surface area contributed by atoms with E-state index in [1.165, 1.54) is 18.9 Å². The first kappa shape index (κ1) is 13.0. The van der Waals surface area contributed by atoms with Crippen LogP contribution >= 0.6 is 11.8 Å². The van der Waals surface area contributed by atoms with E-state index in [0.29, 0.717) is 5.94 Å². The van der Waals surface area contributed by atoms with Gasteiger partial charge in [0.05, 0.1) is 11.9 Å². The van der Waals surface area contributed by atoms with E-state index in [-0.39, 0.29) is 57.1 Å². The van der Waals surface area contributed by atoms with E-state index in [9.17, 15) is 9.90 Å². The van der Waals surface area contributed by atoms with E-state index >= 15 is 0 Å². The number of carbonyl (C=O) groups is 1. The normalized spacial score (nSPS) is 8.11. The molecule has 5 heteroatoms. The van der Waals surface area contributed by atoms with Crippen LogP contribution in [-0.4, -0.2) is 24.8 Å². The Labute approximate surface area is 101 Å². The minimum atomic E-state index is -1.05. The van der Waals surface area contributed by atoms with Crippen molar-refractivity contribution >= 4 is 17.7 Å². The summed E-state index contributed by atoms with van der Waals surface area (Å²) in [6.45, 7) is 0. The number of carbonyl (C=O) groups excluding carboxylic acids is 1. The van der Waals surface area contributed by atoms with Crippen LogP contribution in [0.25, 0.3) is 0 Å². The monoisotopic (exact) mass is 174 g/mol. The Hall–Kier alpha value is 1.42. The number of hydrogen-bond acceptors (Lipinski definition) is 4. The standard InChI is InChI=1S/C4H8O3S.K/c1-7-3-8-2-4(5)6;/h2-3H2,1H3,(H,5,6);/q;+1/p-1. The van der Waals surface area contributed by atoms with Crippen molar-refractivity contribution in [3.63, 3.8) is 0 Å². The van der Waals surface area contributed by atoms with Crippen molar-refractivity contribution < 1.29 is 66.0 Å². The summed E-state index contributed by atoms with van der Waals surface area (Å²) in [5.74, 6) is -0.631. The van der Waals surface area contributed by atoms with E-state index in [1.54, 1.807) is 0 Å². The van der Waals surface area contributed by atoms with Crippen LogP contribution in [0.5, 0.6) is 0 Å². The Morgan fingerprint density at radius 2 is 2.33 bits per heavy atom. The van der Waals surface area contributed by atoms with Gasteiger partial charge in [-0.3, -0.25) is 0 Å². The molecule has 0 aliphatic heterocycles. The van der Waals surface area contributed by atoms with E-state index in [1.807, 2.05) is 0 Å². The summed E-state index contributed by atoms with van der Waals surface area (Å²) in [6.07, 6.45) is 0. The number of carboxylic acids is 1. The molecule has 0 aromatic rings. The van der Waals surface area contributed by atoms with Gasteiger partial charge in [0.2, 0.25) is 0 Å². The molecular formula is C4H7KO3S. The molecule has 0 bridgehead atoms. The third kappa shape index (κ3) is 12.6. The average Bonchev–Trinajstić information content (AvgIpc) is 1.66. The Morgan fingerprint density at radius 3 is 2.67 bits per heavy atom. The molecule has 0 atom stereocenters. The molecule has 0 amide bonds. The van der Waals surface area contributed by atoms with Crippen molar-refractivity contribution in [1.82, 2.24) is 0 Å². The van der Waals surface area contributed by atoms with E-state index in [4.69, 9.17) is 0 Å². The molecule has 0 N–H and O–H groups in total. The molecule has 9 heavy (non-hydrogen) atoms. The first-order chi connectivity index (χ1) is 3.77. The van der Waals surface area contributed by atoms with Gasteiger partial charge in [0.25, 0.3) is 0 Å². The number of carboxylic acid groups (broad SMARTS) is 1. The summed E-state index contributed by atoms with van der Waals surface area (Å²) in [7, 11) is 1.52. The van der Waals surface area contributed by atoms with Crippen molar-refractivity contribution in [3.05, 3.63) is 0 Å². The number of ether oxygens (including phenoxy) is 1. The third-order valence-electron chi connectivity index (χ3n) is 0.421. The molecule has 0 spiro atoms. The maximum absolute atomic E-state index is 9.69. The van der Waals surface area contributed by atoms with Crippen LogP contribution in [0.3, 0.4) is 0 Å². The molecule has 0 saturated carbocycles. The summed E-state index contributed by atoms with van der Waals surface area (Å²) in [5.41, 5.74) is 0. The molecule has 0 fully saturated rings. The van der Waals surface area contributed by atoms with Crippen molar-refractivity contribution in [3.8, 4) is 0 Å². The Balaban J connectivity index is 0. The minimum Gasteiger partial charge on any atom is -0.549 e. The van der Waals surface area contributed by atoms with Crippen LogP contribution in [-0.2, 0) is 9.53 Å². The number of hydrogen-bond donors (Lipinski definition) is 0. The summed E-state index contributed by atoms with van der Waals surface area (Å²) < 4.78 is 4.56. The van der Waals surface area contributed by atoms with E-state index in [2.05, 4.69) is 4.74 Å². The van der Waals surface area contributed by atoms with Crippen molar-refractivity contribution in [2.45, 2.75) is 0 Å². The third-order valence-corrected chi connectivity index (χ3v) is 1.26. The molecule has 0 saturated heterocycles. The minimum absolute atomic E-state index is 0. The smallest absolute Gasteiger partial charge is 0.549 e. The molecule has 48 valence electrons. The van der Waals surface area contributed by atoms with Gasteiger partial charge in [-0.2, -0.15) is 0 Å². The average molecular weight is 174 g/mol. The fourth-order valence-corrected chi connectivity index (χ4v) is 0.625. The molecule has 0 unspecified atom stereocenters. The second kappa shape index (κ2) is 9.42. The van der Waals surface area contributed by atoms with Gasteiger partial charge in [0, 0.05) is 12.9 Å². The maximum Gasteiger partial charge on any atom is 1.00 e. The molecule has 3 nitrogen and oxygen atoms in total. The van der Waals surface area contributed by atoms with Crippen molar-refractivity contribution in [2.75, 3.05) is 18.8 Å². The second-order valence-electron chi connectivity index (χ2n) is 1.13. The SMILES string of the molecule is COCSCC(=O)[O-].[K+]. The predicted octanol–water partition coefficient (Wildman–Crippen LogP) is -3.92. The number of aliphatic carboxylic acids is 1. The topological polar surface area (TPSA) is 49.4 Å². The zero-order valence-electron chi connectivity index (χ0n) is 5.55. The van der Waals surface area contributed by atoms with Crippen LogP contribution in [0.4, 0.5) is 0 Å². The van der Waals surface area contributed by atoms with Crippen LogP contribution in [0, 0.1) is 0 Å². The predicted molar refractivity (Wildman–Crippen MR) is 29.3 cm³/mol. The Kier molecular flexibility index (Phi) is 13.6. The van der Waals surface area contributed by atoms with Gasteiger partial charge in [0.1, 0.15) is 0 Å². The summed E-state index contributed by atoms with van der Waals surface area (Å²) in [4.78, 5) is 9.69. The Bertz CT molecular complexity index is 78.2. The van der Waals surface area contributed by atoms with Crippen molar-refractivity contribution in [1.29, 1.82) is 0 Å². The molecular weight excluding hydrogens is 167 g/mol. The van der Waals surface area contributed by atoms with Gasteiger partial charge >= 0.3 is 51.4 Å². The molecule has 0 aliphatic rings. The van der Waals surface area contributed by atoms with E-state index < -0.39 is 5.97 Å². The maximum atomic E-state index is 9.69. The Morgan fingerprint density at radius 1 is 1.78 bits per heavy atom. The summed E-state index contributed by atoms with van der Waals surface area (Å²) in [6, 6.07) is 0. The largest absolute Gasteiger partial charge is 1.00 e. The molecule has 0 aromatic carbocycles. The summed E-state index contributed by atoms with van der Waals surface area (Å²) >= 11 is 1.18. The van der Waals surface area contributed by atoms with Gasteiger partial charge < -0.3 is 14.6 Å². The molecule has 0 aromatic heterocycles. The molecule has 0 heterocycles. The zero-order chi connectivity index (χ0) is 6.41. The van der Waals surface area contributed by atoms with Gasteiger partial charge in [-0.15, -0.1) is 11.8 Å². The van der Waals surface area contributed by atoms with Gasteiger partial charge in [0.15, 0.2) is 0 Å². The fraction of sp³-hybridized carbons (Fsp3) is 0.750. The first-order valence-corrected chi connectivity index (χ1v) is 3.19. The zero-order valence-corrected chi connectivity index (χ0v) is 9.49. The number of thioether (sulfide) groups is 1.